The first-order valence-corrected chi connectivity index (χ1v) is 12.5. The molecule has 0 spiro atoms. The summed E-state index contributed by atoms with van der Waals surface area (Å²) in [4.78, 5) is 15.5. The number of hydrogen-bond acceptors (Lipinski definition) is 4. The Morgan fingerprint density at radius 1 is 1.00 bits per heavy atom. The molecule has 1 fully saturated rings. The van der Waals surface area contributed by atoms with E-state index in [0.717, 1.165) is 24.0 Å². The highest BCUT2D eigenvalue weighted by Gasteiger charge is 2.26. The predicted molar refractivity (Wildman–Crippen MR) is 129 cm³/mol. The molecule has 1 atom stereocenters. The molecule has 1 aliphatic heterocycles. The van der Waals surface area contributed by atoms with Crippen molar-refractivity contribution in [3.05, 3.63) is 95.6 Å². The molecule has 0 aliphatic carbocycles. The second-order valence-electron chi connectivity index (χ2n) is 8.27. The van der Waals surface area contributed by atoms with Crippen LogP contribution in [0.4, 0.5) is 5.69 Å². The Morgan fingerprint density at radius 3 is 2.39 bits per heavy atom. The molecule has 1 aliphatic rings. The monoisotopic (exact) mass is 464 g/mol. The number of amides is 1. The summed E-state index contributed by atoms with van der Waals surface area (Å²) >= 11 is 0. The molecule has 3 aromatic rings. The highest BCUT2D eigenvalue weighted by molar-refractivity contribution is 7.92. The van der Waals surface area contributed by atoms with Crippen molar-refractivity contribution in [3.8, 4) is 0 Å². The molecule has 172 valence electrons. The molecule has 0 saturated carbocycles. The van der Waals surface area contributed by atoms with E-state index in [9.17, 15) is 13.2 Å². The van der Waals surface area contributed by atoms with Crippen molar-refractivity contribution in [3.63, 3.8) is 0 Å². The van der Waals surface area contributed by atoms with E-state index in [-0.39, 0.29) is 22.6 Å². The Labute approximate surface area is 195 Å². The number of carbonyl (C=O) groups is 1. The minimum atomic E-state index is -3.84. The average Bonchev–Trinajstić information content (AvgIpc) is 3.32. The first-order valence-electron chi connectivity index (χ1n) is 11.1. The van der Waals surface area contributed by atoms with Crippen LogP contribution in [0.5, 0.6) is 0 Å². The summed E-state index contributed by atoms with van der Waals surface area (Å²) in [6.07, 6.45) is 1.86. The number of rotatable bonds is 8. The van der Waals surface area contributed by atoms with Crippen molar-refractivity contribution >= 4 is 21.6 Å². The van der Waals surface area contributed by atoms with Crippen LogP contribution in [0, 0.1) is 6.92 Å². The van der Waals surface area contributed by atoms with Gasteiger partial charge in [0.2, 0.25) is 0 Å². The number of anilines is 1. The molecule has 1 saturated heterocycles. The summed E-state index contributed by atoms with van der Waals surface area (Å²) in [5.41, 5.74) is 2.53. The van der Waals surface area contributed by atoms with Crippen LogP contribution in [0.25, 0.3) is 0 Å². The topological polar surface area (TPSA) is 75.7 Å². The highest BCUT2D eigenvalue weighted by atomic mass is 32.2. The van der Waals surface area contributed by atoms with Gasteiger partial charge in [-0.2, -0.15) is 0 Å². The van der Waals surface area contributed by atoms with Gasteiger partial charge in [-0.15, -0.1) is 0 Å². The Bertz CT molecular complexity index is 1190. The molecule has 3 aromatic carbocycles. The summed E-state index contributed by atoms with van der Waals surface area (Å²) in [7, 11) is -3.84. The summed E-state index contributed by atoms with van der Waals surface area (Å²) in [5.74, 6) is -0.239. The zero-order chi connectivity index (χ0) is 23.3. The number of carbonyl (C=O) groups excluding carboxylic acids is 1. The van der Waals surface area contributed by atoms with Gasteiger partial charge in [-0.3, -0.25) is 9.52 Å². The van der Waals surface area contributed by atoms with Crippen LogP contribution in [-0.2, 0) is 21.3 Å². The Kier molecular flexibility index (Phi) is 7.11. The fourth-order valence-electron chi connectivity index (χ4n) is 3.91. The minimum Gasteiger partial charge on any atom is -0.376 e. The van der Waals surface area contributed by atoms with E-state index < -0.39 is 10.0 Å². The standard InChI is InChI=1S/C26H28N2O4S/c1-20-13-15-23(16-14-20)33(30,31)27-25-12-6-5-11-24(25)26(29)28(19-22-10-7-17-32-22)18-21-8-3-2-4-9-21/h2-6,8-9,11-16,22,27H,7,10,17-19H2,1H3. The van der Waals surface area contributed by atoms with Crippen molar-refractivity contribution in [2.24, 2.45) is 0 Å². The molecule has 1 unspecified atom stereocenters. The van der Waals surface area contributed by atoms with Gasteiger partial charge in [0, 0.05) is 19.7 Å². The number of nitrogens with one attached hydrogen (secondary N) is 1. The van der Waals surface area contributed by atoms with Gasteiger partial charge in [0.1, 0.15) is 0 Å². The number of aryl methyl sites for hydroxylation is 1. The smallest absolute Gasteiger partial charge is 0.261 e. The average molecular weight is 465 g/mol. The molecule has 0 bridgehead atoms. The van der Waals surface area contributed by atoms with Gasteiger partial charge in [0.15, 0.2) is 0 Å². The van der Waals surface area contributed by atoms with Crippen molar-refractivity contribution < 1.29 is 17.9 Å². The Hall–Kier alpha value is -3.16. The lowest BCUT2D eigenvalue weighted by Crippen LogP contribution is -2.37. The molecule has 7 heteroatoms. The van der Waals surface area contributed by atoms with Gasteiger partial charge in [-0.1, -0.05) is 60.2 Å². The second-order valence-corrected chi connectivity index (χ2v) is 9.95. The minimum absolute atomic E-state index is 0.0194. The fourth-order valence-corrected chi connectivity index (χ4v) is 4.99. The SMILES string of the molecule is Cc1ccc(S(=O)(=O)Nc2ccccc2C(=O)N(Cc2ccccc2)CC2CCCO2)cc1. The number of sulfonamides is 1. The van der Waals surface area contributed by atoms with Crippen LogP contribution in [0.1, 0.15) is 34.3 Å². The molecule has 0 aromatic heterocycles. The first-order chi connectivity index (χ1) is 15.9. The molecule has 33 heavy (non-hydrogen) atoms. The number of hydrogen-bond donors (Lipinski definition) is 1. The molecule has 1 amide bonds. The van der Waals surface area contributed by atoms with Gasteiger partial charge in [-0.05, 0) is 49.6 Å². The normalized spacial score (nSPS) is 15.8. The predicted octanol–water partition coefficient (Wildman–Crippen LogP) is 4.62. The quantitative estimate of drug-likeness (QED) is 0.528. The summed E-state index contributed by atoms with van der Waals surface area (Å²) in [6.45, 7) is 3.46. The zero-order valence-corrected chi connectivity index (χ0v) is 19.4. The van der Waals surface area contributed by atoms with E-state index >= 15 is 0 Å². The molecule has 6 nitrogen and oxygen atoms in total. The van der Waals surface area contributed by atoms with E-state index in [1.54, 1.807) is 53.4 Å². The molecular formula is C26H28N2O4S. The van der Waals surface area contributed by atoms with Crippen LogP contribution in [0.2, 0.25) is 0 Å². The van der Waals surface area contributed by atoms with Gasteiger partial charge < -0.3 is 9.64 Å². The maximum Gasteiger partial charge on any atom is 0.261 e. The summed E-state index contributed by atoms with van der Waals surface area (Å²) in [6, 6.07) is 23.1. The van der Waals surface area contributed by atoms with Crippen LogP contribution < -0.4 is 4.72 Å². The molecule has 0 radical (unpaired) electrons. The lowest BCUT2D eigenvalue weighted by Gasteiger charge is -2.26. The number of benzene rings is 3. The van der Waals surface area contributed by atoms with Gasteiger partial charge in [0.25, 0.3) is 15.9 Å². The van der Waals surface area contributed by atoms with Crippen molar-refractivity contribution in [1.82, 2.24) is 4.90 Å². The van der Waals surface area contributed by atoms with Crippen LogP contribution in [-0.4, -0.2) is 38.5 Å². The number of nitrogens with zero attached hydrogens (tertiary/aromatic N) is 1. The molecular weight excluding hydrogens is 436 g/mol. The van der Waals surface area contributed by atoms with Crippen LogP contribution in [0.3, 0.4) is 0 Å². The van der Waals surface area contributed by atoms with Crippen LogP contribution >= 0.6 is 0 Å². The van der Waals surface area contributed by atoms with Crippen LogP contribution in [0.15, 0.2) is 83.8 Å². The molecule has 1 heterocycles. The third-order valence-corrected chi connectivity index (χ3v) is 7.07. The van der Waals surface area contributed by atoms with E-state index in [0.29, 0.717) is 25.3 Å². The van der Waals surface area contributed by atoms with Crippen molar-refractivity contribution in [2.45, 2.75) is 37.3 Å². The van der Waals surface area contributed by atoms with E-state index in [2.05, 4.69) is 4.72 Å². The third kappa shape index (κ3) is 5.80. The second kappa shape index (κ2) is 10.2. The van der Waals surface area contributed by atoms with E-state index in [1.165, 1.54) is 0 Å². The summed E-state index contributed by atoms with van der Waals surface area (Å²) < 4.78 is 34.3. The zero-order valence-electron chi connectivity index (χ0n) is 18.6. The molecule has 1 N–H and O–H groups in total. The number of para-hydroxylation sites is 1. The summed E-state index contributed by atoms with van der Waals surface area (Å²) in [5, 5.41) is 0. The third-order valence-electron chi connectivity index (χ3n) is 5.68. The van der Waals surface area contributed by atoms with E-state index in [1.807, 2.05) is 37.3 Å². The highest BCUT2D eigenvalue weighted by Crippen LogP contribution is 2.24. The largest absolute Gasteiger partial charge is 0.376 e. The van der Waals surface area contributed by atoms with Crippen molar-refractivity contribution in [2.75, 3.05) is 17.9 Å². The van der Waals surface area contributed by atoms with Gasteiger partial charge in [0.05, 0.1) is 22.3 Å². The van der Waals surface area contributed by atoms with Gasteiger partial charge >= 0.3 is 0 Å². The van der Waals surface area contributed by atoms with Crippen molar-refractivity contribution in [1.29, 1.82) is 0 Å². The Balaban J connectivity index is 1.62. The fraction of sp³-hybridized carbons (Fsp3) is 0.269. The maximum absolute atomic E-state index is 13.7. The lowest BCUT2D eigenvalue weighted by atomic mass is 10.1. The van der Waals surface area contributed by atoms with E-state index in [4.69, 9.17) is 4.74 Å². The Morgan fingerprint density at radius 2 is 1.70 bits per heavy atom. The maximum atomic E-state index is 13.7. The first kappa shape index (κ1) is 23.0. The number of ether oxygens (including phenoxy) is 1. The van der Waals surface area contributed by atoms with Gasteiger partial charge in [-0.25, -0.2) is 8.42 Å². The lowest BCUT2D eigenvalue weighted by molar-refractivity contribution is 0.0508. The molecule has 4 rings (SSSR count).